The van der Waals surface area contributed by atoms with Gasteiger partial charge in [-0.05, 0) is 25.7 Å². The van der Waals surface area contributed by atoms with Crippen LogP contribution in [-0.4, -0.2) is 80.3 Å². The van der Waals surface area contributed by atoms with Crippen molar-refractivity contribution < 1.29 is 39.8 Å². The van der Waals surface area contributed by atoms with Gasteiger partial charge >= 0.3 is 0 Å². The number of aliphatic hydroxyl groups is 5. The Balaban J connectivity index is 1.97. The summed E-state index contributed by atoms with van der Waals surface area (Å²) in [6.07, 6.45) is -5.45. The van der Waals surface area contributed by atoms with Crippen LogP contribution in [0.3, 0.4) is 0 Å². The first kappa shape index (κ1) is 22.7. The minimum Gasteiger partial charge on any atom is -0.394 e. The van der Waals surface area contributed by atoms with E-state index in [1.165, 1.54) is 0 Å². The monoisotopic (exact) mass is 390 g/mol. The molecule has 0 bridgehead atoms. The molecule has 27 heavy (non-hydrogen) atoms. The maximum absolute atomic E-state index is 11.9. The van der Waals surface area contributed by atoms with E-state index >= 15 is 0 Å². The third-order valence-corrected chi connectivity index (χ3v) is 6.31. The molecule has 1 saturated heterocycles. The van der Waals surface area contributed by atoms with E-state index in [1.807, 2.05) is 20.8 Å². The number of hydrogen-bond acceptors (Lipinski definition) is 8. The van der Waals surface area contributed by atoms with E-state index in [0.29, 0.717) is 25.7 Å². The topological polar surface area (TPSA) is 137 Å². The molecule has 0 aromatic carbocycles. The smallest absolute Gasteiger partial charge is 0.186 e. The molecular weight excluding hydrogens is 356 g/mol. The lowest BCUT2D eigenvalue weighted by Crippen LogP contribution is -2.59. The zero-order valence-corrected chi connectivity index (χ0v) is 16.5. The van der Waals surface area contributed by atoms with Crippen molar-refractivity contribution in [2.75, 3.05) is 6.61 Å². The summed E-state index contributed by atoms with van der Waals surface area (Å²) in [5, 5.41) is 50.2. The second-order valence-electron chi connectivity index (χ2n) is 8.81. The summed E-state index contributed by atoms with van der Waals surface area (Å²) < 4.78 is 11.0. The van der Waals surface area contributed by atoms with Gasteiger partial charge in [0.2, 0.25) is 0 Å². The molecule has 1 aliphatic carbocycles. The van der Waals surface area contributed by atoms with Gasteiger partial charge in [0.25, 0.3) is 0 Å². The van der Waals surface area contributed by atoms with Crippen LogP contribution in [0.25, 0.3) is 0 Å². The van der Waals surface area contributed by atoms with Crippen molar-refractivity contribution in [3.05, 3.63) is 0 Å². The van der Waals surface area contributed by atoms with Crippen LogP contribution in [0.2, 0.25) is 0 Å². The molecule has 2 fully saturated rings. The van der Waals surface area contributed by atoms with Crippen molar-refractivity contribution in [2.45, 2.75) is 95.8 Å². The van der Waals surface area contributed by atoms with Crippen molar-refractivity contribution in [2.24, 2.45) is 11.3 Å². The highest BCUT2D eigenvalue weighted by Gasteiger charge is 2.52. The Morgan fingerprint density at radius 1 is 1.22 bits per heavy atom. The van der Waals surface area contributed by atoms with Crippen molar-refractivity contribution in [3.8, 4) is 0 Å². The van der Waals surface area contributed by atoms with Gasteiger partial charge in [-0.2, -0.15) is 0 Å². The number of carbonyl (C=O) groups is 1. The molecule has 0 radical (unpaired) electrons. The van der Waals surface area contributed by atoms with E-state index < -0.39 is 54.4 Å². The zero-order chi connectivity index (χ0) is 20.6. The number of carbonyl (C=O) groups excluding carboxylic acids is 1. The largest absolute Gasteiger partial charge is 0.394 e. The van der Waals surface area contributed by atoms with E-state index in [2.05, 4.69) is 0 Å². The molecule has 158 valence electrons. The summed E-state index contributed by atoms with van der Waals surface area (Å²) in [5.41, 5.74) is -1.57. The van der Waals surface area contributed by atoms with Gasteiger partial charge in [0, 0.05) is 18.3 Å². The Morgan fingerprint density at radius 2 is 1.85 bits per heavy atom. The summed E-state index contributed by atoms with van der Waals surface area (Å²) in [5.74, 6) is -0.0176. The molecule has 1 heterocycles. The standard InChI is InChI=1S/C19H34O8/c1-10-7-12(21)8-18(3,4)19(10,25)6-5-11(2)26-17-16(24)15(23)14(22)13(9-20)27-17/h10-11,13-17,20,22-25H,5-9H2,1-4H3. The fourth-order valence-electron chi connectivity index (χ4n) is 4.38. The van der Waals surface area contributed by atoms with Crippen LogP contribution in [0, 0.1) is 11.3 Å². The van der Waals surface area contributed by atoms with E-state index in [0.717, 1.165) is 0 Å². The minimum absolute atomic E-state index is 0.155. The minimum atomic E-state index is -1.49. The summed E-state index contributed by atoms with van der Waals surface area (Å²) in [6, 6.07) is 0. The molecule has 8 unspecified atom stereocenters. The second-order valence-corrected chi connectivity index (χ2v) is 8.81. The molecule has 0 amide bonds. The molecular formula is C19H34O8. The van der Waals surface area contributed by atoms with Crippen LogP contribution < -0.4 is 0 Å². The van der Waals surface area contributed by atoms with E-state index in [-0.39, 0.29) is 11.7 Å². The number of ketones is 1. The summed E-state index contributed by atoms with van der Waals surface area (Å²) in [6.45, 7) is 6.91. The number of aliphatic hydroxyl groups excluding tert-OH is 4. The SMILES string of the molecule is CC(CCC1(O)C(C)CC(=O)CC1(C)C)OC1OC(CO)C(O)C(O)C1O. The average Bonchev–Trinajstić information content (AvgIpc) is 2.58. The zero-order valence-electron chi connectivity index (χ0n) is 16.5. The molecule has 1 aliphatic heterocycles. The van der Waals surface area contributed by atoms with Crippen LogP contribution >= 0.6 is 0 Å². The van der Waals surface area contributed by atoms with E-state index in [4.69, 9.17) is 9.47 Å². The van der Waals surface area contributed by atoms with Gasteiger partial charge in [-0.15, -0.1) is 0 Å². The molecule has 2 aliphatic rings. The third kappa shape index (κ3) is 4.53. The molecule has 0 aromatic heterocycles. The molecule has 0 spiro atoms. The molecule has 0 aromatic rings. The Bertz CT molecular complexity index is 522. The van der Waals surface area contributed by atoms with Crippen LogP contribution in [0.4, 0.5) is 0 Å². The Labute approximate surface area is 160 Å². The number of rotatable bonds is 6. The fourth-order valence-corrected chi connectivity index (χ4v) is 4.38. The van der Waals surface area contributed by atoms with E-state index in [9.17, 15) is 30.3 Å². The first-order valence-electron chi connectivity index (χ1n) is 9.63. The molecule has 2 rings (SSSR count). The predicted octanol–water partition coefficient (Wildman–Crippen LogP) is -0.272. The van der Waals surface area contributed by atoms with Gasteiger partial charge in [-0.25, -0.2) is 0 Å². The van der Waals surface area contributed by atoms with Crippen molar-refractivity contribution in [1.29, 1.82) is 0 Å². The highest BCUT2D eigenvalue weighted by molar-refractivity contribution is 5.80. The first-order chi connectivity index (χ1) is 12.4. The Kier molecular flexibility index (Phi) is 7.06. The van der Waals surface area contributed by atoms with Gasteiger partial charge in [-0.1, -0.05) is 20.8 Å². The van der Waals surface area contributed by atoms with Gasteiger partial charge in [0.15, 0.2) is 6.29 Å². The van der Waals surface area contributed by atoms with Gasteiger partial charge < -0.3 is 35.0 Å². The average molecular weight is 390 g/mol. The highest BCUT2D eigenvalue weighted by atomic mass is 16.7. The summed E-state index contributed by atoms with van der Waals surface area (Å²) in [4.78, 5) is 11.9. The van der Waals surface area contributed by atoms with Crippen LogP contribution in [0.15, 0.2) is 0 Å². The molecule has 8 heteroatoms. The normalized spacial score (nSPS) is 43.5. The maximum atomic E-state index is 11.9. The summed E-state index contributed by atoms with van der Waals surface area (Å²) in [7, 11) is 0. The molecule has 1 saturated carbocycles. The quantitative estimate of drug-likeness (QED) is 0.418. The van der Waals surface area contributed by atoms with Gasteiger partial charge in [-0.3, -0.25) is 4.79 Å². The van der Waals surface area contributed by atoms with Gasteiger partial charge in [0.1, 0.15) is 30.2 Å². The predicted molar refractivity (Wildman–Crippen MR) is 95.7 cm³/mol. The van der Waals surface area contributed by atoms with Crippen LogP contribution in [-0.2, 0) is 14.3 Å². The number of hydrogen-bond donors (Lipinski definition) is 5. The number of ether oxygens (including phenoxy) is 2. The summed E-state index contributed by atoms with van der Waals surface area (Å²) >= 11 is 0. The fraction of sp³-hybridized carbons (Fsp3) is 0.947. The van der Waals surface area contributed by atoms with E-state index in [1.54, 1.807) is 6.92 Å². The second kappa shape index (κ2) is 8.41. The maximum Gasteiger partial charge on any atom is 0.186 e. The van der Waals surface area contributed by atoms with Crippen molar-refractivity contribution >= 4 is 5.78 Å². The highest BCUT2D eigenvalue weighted by Crippen LogP contribution is 2.48. The number of Topliss-reactive ketones (excluding diaryl/α,β-unsaturated/α-hetero) is 1. The lowest BCUT2D eigenvalue weighted by molar-refractivity contribution is -0.311. The lowest BCUT2D eigenvalue weighted by Gasteiger charge is -2.50. The van der Waals surface area contributed by atoms with Gasteiger partial charge in [0.05, 0.1) is 18.3 Å². The third-order valence-electron chi connectivity index (χ3n) is 6.31. The van der Waals surface area contributed by atoms with Crippen LogP contribution in [0.5, 0.6) is 0 Å². The molecule has 8 nitrogen and oxygen atoms in total. The van der Waals surface area contributed by atoms with Crippen molar-refractivity contribution in [3.63, 3.8) is 0 Å². The van der Waals surface area contributed by atoms with Crippen LogP contribution in [0.1, 0.15) is 53.4 Å². The molecule has 8 atom stereocenters. The Morgan fingerprint density at radius 3 is 2.41 bits per heavy atom. The first-order valence-corrected chi connectivity index (χ1v) is 9.63. The molecule has 5 N–H and O–H groups in total. The lowest BCUT2D eigenvalue weighted by atomic mass is 9.58. The van der Waals surface area contributed by atoms with Crippen molar-refractivity contribution in [1.82, 2.24) is 0 Å². The Hall–Kier alpha value is -0.610.